The summed E-state index contributed by atoms with van der Waals surface area (Å²) in [6.07, 6.45) is 3.59. The Labute approximate surface area is 167 Å². The van der Waals surface area contributed by atoms with Crippen LogP contribution in [0.1, 0.15) is 48.5 Å². The fourth-order valence-corrected chi connectivity index (χ4v) is 4.32. The van der Waals surface area contributed by atoms with Crippen molar-refractivity contribution in [3.63, 3.8) is 0 Å². The van der Waals surface area contributed by atoms with Gasteiger partial charge in [-0.1, -0.05) is 12.1 Å². The summed E-state index contributed by atoms with van der Waals surface area (Å²) in [7, 11) is 0.925. The summed E-state index contributed by atoms with van der Waals surface area (Å²) in [5.74, 6) is 0.779. The summed E-state index contributed by atoms with van der Waals surface area (Å²) in [5, 5.41) is 13.6. The first-order valence-corrected chi connectivity index (χ1v) is 10.3. The Kier molecular flexibility index (Phi) is 7.27. The average Bonchev–Trinajstić information content (AvgIpc) is 2.67. The number of hydrogen-bond donors (Lipinski definition) is 2. The SMILES string of the molecule is CNCCN1CCC(CC(=O)C[C@H]2Cc3cccc(C(C)=O)c3OB2O)CC1. The van der Waals surface area contributed by atoms with Gasteiger partial charge in [0.15, 0.2) is 5.78 Å². The Morgan fingerprint density at radius 3 is 2.71 bits per heavy atom. The van der Waals surface area contributed by atoms with Crippen LogP contribution in [0, 0.1) is 5.92 Å². The lowest BCUT2D eigenvalue weighted by Gasteiger charge is -2.32. The van der Waals surface area contributed by atoms with Gasteiger partial charge in [0.2, 0.25) is 0 Å². The fourth-order valence-electron chi connectivity index (χ4n) is 4.32. The van der Waals surface area contributed by atoms with Gasteiger partial charge in [0.25, 0.3) is 0 Å². The van der Waals surface area contributed by atoms with Gasteiger partial charge in [-0.2, -0.15) is 0 Å². The standard InChI is InChI=1S/C21H31BN2O4/c1-15(25)20-5-3-4-17-13-18(22(27)28-21(17)20)14-19(26)12-16-6-9-24(10-7-16)11-8-23-2/h3-5,16,18,23,27H,6-14H2,1-2H3/t18-/m1/s1. The molecule has 1 aromatic carbocycles. The zero-order valence-corrected chi connectivity index (χ0v) is 16.9. The first-order chi connectivity index (χ1) is 13.5. The third kappa shape index (κ3) is 5.22. The molecule has 0 unspecified atom stereocenters. The van der Waals surface area contributed by atoms with E-state index in [9.17, 15) is 14.6 Å². The lowest BCUT2D eigenvalue weighted by atomic mass is 9.64. The van der Waals surface area contributed by atoms with Crippen molar-refractivity contribution in [3.8, 4) is 5.75 Å². The van der Waals surface area contributed by atoms with E-state index in [4.69, 9.17) is 4.65 Å². The number of fused-ring (bicyclic) bond motifs is 1. The normalized spacial score (nSPS) is 20.5. The van der Waals surface area contributed by atoms with Crippen LogP contribution in [0.2, 0.25) is 5.82 Å². The minimum absolute atomic E-state index is 0.0837. The van der Waals surface area contributed by atoms with Gasteiger partial charge in [0.1, 0.15) is 11.5 Å². The summed E-state index contributed by atoms with van der Waals surface area (Å²) in [4.78, 5) is 26.8. The third-order valence-corrected chi connectivity index (χ3v) is 5.99. The molecule has 152 valence electrons. The van der Waals surface area contributed by atoms with Crippen LogP contribution in [0.4, 0.5) is 0 Å². The van der Waals surface area contributed by atoms with Crippen molar-refractivity contribution in [3.05, 3.63) is 29.3 Å². The molecular formula is C21H31BN2O4. The molecule has 1 fully saturated rings. The first-order valence-electron chi connectivity index (χ1n) is 10.3. The third-order valence-electron chi connectivity index (χ3n) is 5.99. The van der Waals surface area contributed by atoms with E-state index >= 15 is 0 Å². The maximum atomic E-state index is 12.6. The molecule has 1 aromatic rings. The van der Waals surface area contributed by atoms with Crippen LogP contribution in [-0.2, 0) is 11.2 Å². The molecule has 0 aromatic heterocycles. The largest absolute Gasteiger partial charge is 0.535 e. The second-order valence-corrected chi connectivity index (χ2v) is 8.16. The van der Waals surface area contributed by atoms with Gasteiger partial charge in [0.05, 0.1) is 5.56 Å². The van der Waals surface area contributed by atoms with E-state index in [-0.39, 0.29) is 17.4 Å². The predicted molar refractivity (Wildman–Crippen MR) is 110 cm³/mol. The summed E-state index contributed by atoms with van der Waals surface area (Å²) in [6.45, 7) is 5.65. The number of likely N-dealkylation sites (N-methyl/N-ethyl adjacent to an activating group) is 1. The van der Waals surface area contributed by atoms with Crippen LogP contribution in [0.25, 0.3) is 0 Å². The van der Waals surface area contributed by atoms with Gasteiger partial charge in [-0.25, -0.2) is 0 Å². The maximum absolute atomic E-state index is 12.6. The lowest BCUT2D eigenvalue weighted by Crippen LogP contribution is -2.38. The Balaban J connectivity index is 1.51. The van der Waals surface area contributed by atoms with Crippen LogP contribution >= 0.6 is 0 Å². The van der Waals surface area contributed by atoms with Crippen LogP contribution in [-0.4, -0.2) is 61.8 Å². The summed E-state index contributed by atoms with van der Waals surface area (Å²) in [5.41, 5.74) is 1.39. The van der Waals surface area contributed by atoms with Crippen molar-refractivity contribution in [2.75, 3.05) is 33.2 Å². The highest BCUT2D eigenvalue weighted by Gasteiger charge is 2.37. The minimum atomic E-state index is -1.04. The van der Waals surface area contributed by atoms with E-state index < -0.39 is 7.12 Å². The quantitative estimate of drug-likeness (QED) is 0.525. The monoisotopic (exact) mass is 386 g/mol. The van der Waals surface area contributed by atoms with Crippen LogP contribution < -0.4 is 9.97 Å². The zero-order chi connectivity index (χ0) is 20.1. The number of likely N-dealkylation sites (tertiary alicyclic amines) is 1. The first kappa shape index (κ1) is 21.0. The number of carbonyl (C=O) groups is 2. The lowest BCUT2D eigenvalue weighted by molar-refractivity contribution is -0.120. The number of hydrogen-bond acceptors (Lipinski definition) is 6. The van der Waals surface area contributed by atoms with E-state index in [2.05, 4.69) is 10.2 Å². The second kappa shape index (κ2) is 9.68. The number of piperidine rings is 1. The molecule has 1 saturated heterocycles. The van der Waals surface area contributed by atoms with E-state index in [0.29, 0.717) is 36.5 Å². The van der Waals surface area contributed by atoms with Crippen molar-refractivity contribution < 1.29 is 19.3 Å². The topological polar surface area (TPSA) is 78.9 Å². The highest BCUT2D eigenvalue weighted by atomic mass is 16.5. The van der Waals surface area contributed by atoms with Crippen molar-refractivity contribution in [2.24, 2.45) is 5.92 Å². The highest BCUT2D eigenvalue weighted by Crippen LogP contribution is 2.37. The molecule has 0 aliphatic carbocycles. The molecule has 0 spiro atoms. The number of para-hydroxylation sites is 1. The van der Waals surface area contributed by atoms with Gasteiger partial charge in [-0.3, -0.25) is 9.59 Å². The molecule has 1 atom stereocenters. The van der Waals surface area contributed by atoms with Crippen LogP contribution in [0.5, 0.6) is 5.75 Å². The van der Waals surface area contributed by atoms with Gasteiger partial charge in [-0.15, -0.1) is 0 Å². The molecular weight excluding hydrogens is 355 g/mol. The second-order valence-electron chi connectivity index (χ2n) is 8.16. The number of carbonyl (C=O) groups excluding carboxylic acids is 2. The van der Waals surface area contributed by atoms with Gasteiger partial charge in [-0.05, 0) is 63.9 Å². The Morgan fingerprint density at radius 1 is 1.29 bits per heavy atom. The van der Waals surface area contributed by atoms with Crippen molar-refractivity contribution in [1.82, 2.24) is 10.2 Å². The van der Waals surface area contributed by atoms with E-state index in [1.165, 1.54) is 6.92 Å². The number of ketones is 2. The minimum Gasteiger partial charge on any atom is -0.535 e. The molecule has 0 radical (unpaired) electrons. The fraction of sp³-hybridized carbons (Fsp3) is 0.619. The van der Waals surface area contributed by atoms with Crippen LogP contribution in [0.15, 0.2) is 18.2 Å². The molecule has 0 bridgehead atoms. The van der Waals surface area contributed by atoms with E-state index in [0.717, 1.165) is 44.6 Å². The number of nitrogens with zero attached hydrogens (tertiary/aromatic N) is 1. The number of Topliss-reactive ketones (excluding diaryl/α,β-unsaturated/α-hetero) is 2. The molecule has 28 heavy (non-hydrogen) atoms. The molecule has 0 saturated carbocycles. The molecule has 2 aliphatic rings. The number of rotatable bonds is 8. The Hall–Kier alpha value is -1.70. The molecule has 6 nitrogen and oxygen atoms in total. The molecule has 3 rings (SSSR count). The molecule has 2 N–H and O–H groups in total. The van der Waals surface area contributed by atoms with Crippen molar-refractivity contribution in [1.29, 1.82) is 0 Å². The number of nitrogens with one attached hydrogen (secondary N) is 1. The summed E-state index contributed by atoms with van der Waals surface area (Å²) in [6, 6.07) is 5.45. The molecule has 2 heterocycles. The van der Waals surface area contributed by atoms with Crippen LogP contribution in [0.3, 0.4) is 0 Å². The van der Waals surface area contributed by atoms with E-state index in [1.807, 2.05) is 19.2 Å². The maximum Gasteiger partial charge on any atom is 0.526 e. The number of benzene rings is 1. The van der Waals surface area contributed by atoms with Crippen molar-refractivity contribution >= 4 is 18.7 Å². The highest BCUT2D eigenvalue weighted by molar-refractivity contribution is 6.47. The molecule has 0 amide bonds. The summed E-state index contributed by atoms with van der Waals surface area (Å²) < 4.78 is 5.65. The van der Waals surface area contributed by atoms with Gasteiger partial charge in [0, 0.05) is 31.7 Å². The Bertz CT molecular complexity index is 704. The van der Waals surface area contributed by atoms with Gasteiger partial charge < -0.3 is 19.9 Å². The smallest absolute Gasteiger partial charge is 0.526 e. The zero-order valence-electron chi connectivity index (χ0n) is 16.9. The summed E-state index contributed by atoms with van der Waals surface area (Å²) >= 11 is 0. The van der Waals surface area contributed by atoms with E-state index in [1.54, 1.807) is 6.07 Å². The average molecular weight is 386 g/mol. The van der Waals surface area contributed by atoms with Gasteiger partial charge >= 0.3 is 7.12 Å². The molecule has 2 aliphatic heterocycles. The van der Waals surface area contributed by atoms with Crippen molar-refractivity contribution in [2.45, 2.75) is 44.8 Å². The predicted octanol–water partition coefficient (Wildman–Crippen LogP) is 1.96. The Morgan fingerprint density at radius 2 is 2.04 bits per heavy atom. The molecule has 7 heteroatoms.